The maximum Gasteiger partial charge on any atom is 0.433 e. The average molecular weight is 548 g/mol. The van der Waals surface area contributed by atoms with Gasteiger partial charge in [-0.3, -0.25) is 9.59 Å². The van der Waals surface area contributed by atoms with E-state index in [0.29, 0.717) is 21.7 Å². The third-order valence-electron chi connectivity index (χ3n) is 6.69. The number of fused-ring (bicyclic) bond motifs is 2. The lowest BCUT2D eigenvalue weighted by molar-refractivity contribution is -0.142. The van der Waals surface area contributed by atoms with Gasteiger partial charge in [-0.25, -0.2) is 9.50 Å². The Labute approximate surface area is 218 Å². The van der Waals surface area contributed by atoms with Gasteiger partial charge in [-0.15, -0.1) is 22.7 Å². The van der Waals surface area contributed by atoms with E-state index in [0.717, 1.165) is 29.3 Å². The van der Waals surface area contributed by atoms with E-state index in [-0.39, 0.29) is 33.0 Å². The monoisotopic (exact) mass is 547 g/mol. The van der Waals surface area contributed by atoms with Crippen molar-refractivity contribution in [3.05, 3.63) is 57.0 Å². The Kier molecular flexibility index (Phi) is 6.14. The Morgan fingerprint density at radius 2 is 1.97 bits per heavy atom. The number of alkyl halides is 3. The van der Waals surface area contributed by atoms with E-state index in [1.807, 2.05) is 0 Å². The van der Waals surface area contributed by atoms with Gasteiger partial charge >= 0.3 is 6.18 Å². The highest BCUT2D eigenvalue weighted by molar-refractivity contribution is 7.17. The summed E-state index contributed by atoms with van der Waals surface area (Å²) in [5.41, 5.74) is 5.58. The van der Waals surface area contributed by atoms with E-state index in [2.05, 4.69) is 36.2 Å². The highest BCUT2D eigenvalue weighted by Crippen LogP contribution is 2.44. The quantitative estimate of drug-likeness (QED) is 0.325. The minimum absolute atomic E-state index is 0.0830. The molecule has 0 bridgehead atoms. The number of aromatic nitrogens is 3. The molecule has 4 aromatic rings. The third kappa shape index (κ3) is 4.75. The highest BCUT2D eigenvalue weighted by Gasteiger charge is 2.36. The largest absolute Gasteiger partial charge is 0.433 e. The van der Waals surface area contributed by atoms with Crippen molar-refractivity contribution in [1.29, 1.82) is 0 Å². The number of halogens is 3. The number of nitrogens with one attached hydrogen (secondary N) is 1. The van der Waals surface area contributed by atoms with Crippen molar-refractivity contribution in [2.24, 2.45) is 17.1 Å². The van der Waals surface area contributed by atoms with Crippen molar-refractivity contribution < 1.29 is 22.8 Å². The molecule has 37 heavy (non-hydrogen) atoms. The number of nitrogens with zero attached hydrogens (tertiary/aromatic N) is 3. The smallest absolute Gasteiger partial charge is 0.365 e. The summed E-state index contributed by atoms with van der Waals surface area (Å²) in [6, 6.07) is 5.50. The maximum atomic E-state index is 13.8. The molecule has 7 nitrogen and oxygen atoms in total. The van der Waals surface area contributed by atoms with E-state index in [4.69, 9.17) is 5.73 Å². The lowest BCUT2D eigenvalue weighted by atomic mass is 9.72. The van der Waals surface area contributed by atoms with Crippen LogP contribution in [0.4, 0.5) is 18.2 Å². The van der Waals surface area contributed by atoms with Crippen molar-refractivity contribution in [2.45, 2.75) is 46.2 Å². The Morgan fingerprint density at radius 1 is 1.22 bits per heavy atom. The van der Waals surface area contributed by atoms with Crippen LogP contribution in [0.1, 0.15) is 64.2 Å². The molecule has 0 aliphatic heterocycles. The van der Waals surface area contributed by atoms with Gasteiger partial charge in [0.1, 0.15) is 5.00 Å². The zero-order valence-electron chi connectivity index (χ0n) is 20.3. The zero-order valence-corrected chi connectivity index (χ0v) is 21.9. The molecule has 2 amide bonds. The topological polar surface area (TPSA) is 102 Å². The van der Waals surface area contributed by atoms with Crippen LogP contribution >= 0.6 is 22.7 Å². The van der Waals surface area contributed by atoms with Crippen molar-refractivity contribution in [2.75, 3.05) is 5.32 Å². The van der Waals surface area contributed by atoms with E-state index >= 15 is 0 Å². The molecule has 0 spiro atoms. The Morgan fingerprint density at radius 3 is 2.59 bits per heavy atom. The molecule has 0 unspecified atom stereocenters. The van der Waals surface area contributed by atoms with Crippen LogP contribution in [-0.4, -0.2) is 26.4 Å². The number of anilines is 1. The number of nitrogens with two attached hydrogens (primary N) is 1. The van der Waals surface area contributed by atoms with Crippen molar-refractivity contribution >= 4 is 45.1 Å². The van der Waals surface area contributed by atoms with Crippen LogP contribution in [0.25, 0.3) is 16.2 Å². The molecule has 0 saturated carbocycles. The van der Waals surface area contributed by atoms with Gasteiger partial charge in [0.05, 0.1) is 16.1 Å². The molecule has 4 aromatic heterocycles. The molecule has 1 atom stereocenters. The van der Waals surface area contributed by atoms with Gasteiger partial charge in [-0.05, 0) is 53.7 Å². The van der Waals surface area contributed by atoms with Crippen LogP contribution < -0.4 is 11.1 Å². The number of amides is 2. The second-order valence-electron chi connectivity index (χ2n) is 10.1. The predicted molar refractivity (Wildman–Crippen MR) is 137 cm³/mol. The molecule has 0 aromatic carbocycles. The third-order valence-corrected chi connectivity index (χ3v) is 8.75. The number of carbonyl (C=O) groups excluding carboxylic acids is 2. The summed E-state index contributed by atoms with van der Waals surface area (Å²) in [7, 11) is 0. The first-order chi connectivity index (χ1) is 17.3. The van der Waals surface area contributed by atoms with Crippen LogP contribution in [0, 0.1) is 11.3 Å². The lowest BCUT2D eigenvalue weighted by Crippen LogP contribution is -2.27. The van der Waals surface area contributed by atoms with Gasteiger partial charge in [0, 0.05) is 10.9 Å². The standard InChI is InChI=1S/C25H24F3N5O2S2/c1-24(2,3)12-6-7-13-17(9-12)37-23(20(13)21(29)34)31-22(35)15-11-19-30-14(16-5-4-8-36-16)10-18(25(26,27)28)33(19)32-15/h4-5,8,10-12H,6-7,9H2,1-3H3,(H2,29,34)(H,31,35)/t12-/m0/s1. The van der Waals surface area contributed by atoms with Crippen molar-refractivity contribution in [1.82, 2.24) is 14.6 Å². The van der Waals surface area contributed by atoms with Gasteiger partial charge in [0.2, 0.25) is 0 Å². The fourth-order valence-electron chi connectivity index (χ4n) is 4.68. The zero-order chi connectivity index (χ0) is 26.7. The summed E-state index contributed by atoms with van der Waals surface area (Å²) in [5, 5.41) is 8.62. The van der Waals surface area contributed by atoms with Crippen molar-refractivity contribution in [3.8, 4) is 10.6 Å². The molecule has 1 aliphatic rings. The van der Waals surface area contributed by atoms with Gasteiger partial charge in [0.15, 0.2) is 17.0 Å². The molecule has 0 fully saturated rings. The minimum atomic E-state index is -4.72. The van der Waals surface area contributed by atoms with Crippen LogP contribution in [-0.2, 0) is 19.0 Å². The van der Waals surface area contributed by atoms with E-state index in [1.165, 1.54) is 28.7 Å². The lowest BCUT2D eigenvalue weighted by Gasteiger charge is -2.33. The summed E-state index contributed by atoms with van der Waals surface area (Å²) in [5.74, 6) is -0.992. The second kappa shape index (κ2) is 8.95. The summed E-state index contributed by atoms with van der Waals surface area (Å²) in [6.07, 6.45) is -2.40. The first-order valence-corrected chi connectivity index (χ1v) is 13.3. The molecule has 3 N–H and O–H groups in total. The number of rotatable bonds is 4. The summed E-state index contributed by atoms with van der Waals surface area (Å²) in [6.45, 7) is 6.51. The normalized spacial score (nSPS) is 16.1. The van der Waals surface area contributed by atoms with E-state index in [9.17, 15) is 22.8 Å². The number of carbonyl (C=O) groups is 2. The summed E-state index contributed by atoms with van der Waals surface area (Å²) >= 11 is 2.54. The molecule has 4 heterocycles. The molecule has 194 valence electrons. The van der Waals surface area contributed by atoms with Gasteiger partial charge in [0.25, 0.3) is 11.8 Å². The SMILES string of the molecule is CC(C)(C)[C@H]1CCc2c(sc(NC(=O)c3cc4nc(-c5cccs5)cc(C(F)(F)F)n4n3)c2C(N)=O)C1. The highest BCUT2D eigenvalue weighted by atomic mass is 32.1. The van der Waals surface area contributed by atoms with Crippen LogP contribution in [0.5, 0.6) is 0 Å². The summed E-state index contributed by atoms with van der Waals surface area (Å²) in [4.78, 5) is 31.3. The Balaban J connectivity index is 1.51. The second-order valence-corrected chi connectivity index (χ2v) is 12.2. The molecule has 0 saturated heterocycles. The number of hydrogen-bond acceptors (Lipinski definition) is 6. The molecule has 1 aliphatic carbocycles. The molecular weight excluding hydrogens is 523 g/mol. The predicted octanol–water partition coefficient (Wildman–Crippen LogP) is 6.04. The maximum absolute atomic E-state index is 13.8. The van der Waals surface area contributed by atoms with Crippen LogP contribution in [0.2, 0.25) is 0 Å². The molecule has 0 radical (unpaired) electrons. The fraction of sp³-hybridized carbons (Fsp3) is 0.360. The van der Waals surface area contributed by atoms with Crippen molar-refractivity contribution in [3.63, 3.8) is 0 Å². The minimum Gasteiger partial charge on any atom is -0.365 e. The van der Waals surface area contributed by atoms with Gasteiger partial charge < -0.3 is 11.1 Å². The number of hydrogen-bond donors (Lipinski definition) is 2. The van der Waals surface area contributed by atoms with Gasteiger partial charge in [-0.1, -0.05) is 26.8 Å². The summed E-state index contributed by atoms with van der Waals surface area (Å²) < 4.78 is 42.2. The van der Waals surface area contributed by atoms with E-state index in [1.54, 1.807) is 17.5 Å². The number of primary amides is 1. The first kappa shape index (κ1) is 25.4. The molecular formula is C25H24F3N5O2S2. The Hall–Kier alpha value is -3.25. The number of thiophene rings is 2. The fourth-order valence-corrected chi connectivity index (χ4v) is 6.69. The first-order valence-electron chi connectivity index (χ1n) is 11.6. The average Bonchev–Trinajstić information content (AvgIpc) is 3.53. The van der Waals surface area contributed by atoms with Crippen LogP contribution in [0.3, 0.4) is 0 Å². The molecule has 5 rings (SSSR count). The van der Waals surface area contributed by atoms with E-state index < -0.39 is 23.7 Å². The Bertz CT molecular complexity index is 1510. The molecule has 12 heteroatoms. The van der Waals surface area contributed by atoms with Crippen LogP contribution in [0.15, 0.2) is 29.6 Å². The van der Waals surface area contributed by atoms with Gasteiger partial charge in [-0.2, -0.15) is 18.3 Å².